The normalized spacial score (nSPS) is 7.89. The minimum absolute atomic E-state index is 0. The van der Waals surface area contributed by atoms with Gasteiger partial charge in [-0.3, -0.25) is 0 Å². The summed E-state index contributed by atoms with van der Waals surface area (Å²) >= 11 is 0. The predicted octanol–water partition coefficient (Wildman–Crippen LogP) is 1.98. The van der Waals surface area contributed by atoms with E-state index in [1.54, 1.807) is 0 Å². The summed E-state index contributed by atoms with van der Waals surface area (Å²) in [5.41, 5.74) is 1.38. The maximum Gasteiger partial charge on any atom is 0.0137 e. The maximum atomic E-state index is 3.20. The molecule has 0 bridgehead atoms. The maximum absolute atomic E-state index is 3.20. The lowest BCUT2D eigenvalue weighted by Gasteiger charge is -1.93. The minimum Gasteiger partial charge on any atom is -0.314 e. The molecule has 0 aliphatic carbocycles. The summed E-state index contributed by atoms with van der Waals surface area (Å²) in [6.45, 7) is 8.40. The molecule has 0 aliphatic rings. The molecule has 0 saturated heterocycles. The fourth-order valence-corrected chi connectivity index (χ4v) is 0.421. The van der Waals surface area contributed by atoms with Crippen molar-refractivity contribution in [3.05, 3.63) is 11.6 Å². The first-order valence-corrected chi connectivity index (χ1v) is 3.11. The van der Waals surface area contributed by atoms with Crippen LogP contribution in [0.3, 0.4) is 0 Å². The number of nitrogens with one attached hydrogen (secondary N) is 1. The van der Waals surface area contributed by atoms with Gasteiger partial charge in [-0.1, -0.05) is 18.6 Å². The molecule has 0 radical (unpaired) electrons. The van der Waals surface area contributed by atoms with Gasteiger partial charge in [-0.15, -0.1) is 12.4 Å². The molecule has 1 N–H and O–H groups in total. The van der Waals surface area contributed by atoms with E-state index in [0.717, 1.165) is 13.1 Å². The highest BCUT2D eigenvalue weighted by atomic mass is 35.5. The molecule has 0 aliphatic heterocycles. The topological polar surface area (TPSA) is 12.0 Å². The monoisotopic (exact) mass is 149 g/mol. The summed E-state index contributed by atoms with van der Waals surface area (Å²) in [6, 6.07) is 0. The smallest absolute Gasteiger partial charge is 0.0137 e. The summed E-state index contributed by atoms with van der Waals surface area (Å²) in [6.07, 6.45) is 2.18. The quantitative estimate of drug-likeness (QED) is 0.478. The Kier molecular flexibility index (Phi) is 10.4. The first-order valence-electron chi connectivity index (χ1n) is 3.11. The summed E-state index contributed by atoms with van der Waals surface area (Å²) < 4.78 is 0. The molecule has 2 heteroatoms. The molecule has 0 aromatic rings. The molecular weight excluding hydrogens is 134 g/mol. The Labute approximate surface area is 63.9 Å². The van der Waals surface area contributed by atoms with Crippen molar-refractivity contribution in [3.63, 3.8) is 0 Å². The van der Waals surface area contributed by atoms with E-state index in [0.29, 0.717) is 0 Å². The van der Waals surface area contributed by atoms with Gasteiger partial charge in [-0.05, 0) is 20.4 Å². The fraction of sp³-hybridized carbons (Fsp3) is 0.714. The summed E-state index contributed by atoms with van der Waals surface area (Å²) in [5.74, 6) is 0. The Morgan fingerprint density at radius 1 is 1.44 bits per heavy atom. The average Bonchev–Trinajstić information content (AvgIpc) is 1.66. The fourth-order valence-electron chi connectivity index (χ4n) is 0.421. The lowest BCUT2D eigenvalue weighted by atomic mass is 10.3. The van der Waals surface area contributed by atoms with E-state index in [2.05, 4.69) is 32.2 Å². The Bertz CT molecular complexity index is 75.0. The van der Waals surface area contributed by atoms with Crippen molar-refractivity contribution in [1.82, 2.24) is 5.32 Å². The van der Waals surface area contributed by atoms with Crippen LogP contribution in [-0.2, 0) is 0 Å². The summed E-state index contributed by atoms with van der Waals surface area (Å²) in [5, 5.41) is 3.20. The van der Waals surface area contributed by atoms with Crippen LogP contribution in [0.25, 0.3) is 0 Å². The molecule has 0 unspecified atom stereocenters. The van der Waals surface area contributed by atoms with Gasteiger partial charge in [0.2, 0.25) is 0 Å². The molecule has 1 nitrogen and oxygen atoms in total. The Hall–Kier alpha value is -0.0100. The lowest BCUT2D eigenvalue weighted by molar-refractivity contribution is 0.796. The van der Waals surface area contributed by atoms with Crippen LogP contribution in [0, 0.1) is 0 Å². The van der Waals surface area contributed by atoms with E-state index in [1.807, 2.05) is 0 Å². The standard InChI is InChI=1S/C7H15N.ClH/c1-4-8-6-5-7(2)3;/h5,8H,4,6H2,1-3H3;1H. The van der Waals surface area contributed by atoms with Gasteiger partial charge in [0.15, 0.2) is 0 Å². The zero-order valence-electron chi connectivity index (χ0n) is 6.40. The van der Waals surface area contributed by atoms with Crippen molar-refractivity contribution in [2.75, 3.05) is 13.1 Å². The van der Waals surface area contributed by atoms with Crippen molar-refractivity contribution in [1.29, 1.82) is 0 Å². The van der Waals surface area contributed by atoms with Gasteiger partial charge < -0.3 is 5.32 Å². The van der Waals surface area contributed by atoms with E-state index in [4.69, 9.17) is 0 Å². The summed E-state index contributed by atoms with van der Waals surface area (Å²) in [4.78, 5) is 0. The molecule has 0 spiro atoms. The Balaban J connectivity index is 0. The molecule has 9 heavy (non-hydrogen) atoms. The number of hydrogen-bond donors (Lipinski definition) is 1. The van der Waals surface area contributed by atoms with Crippen LogP contribution in [-0.4, -0.2) is 13.1 Å². The van der Waals surface area contributed by atoms with Crippen LogP contribution in [0.15, 0.2) is 11.6 Å². The highest BCUT2D eigenvalue weighted by molar-refractivity contribution is 5.85. The van der Waals surface area contributed by atoms with E-state index in [1.165, 1.54) is 5.57 Å². The van der Waals surface area contributed by atoms with Crippen LogP contribution in [0.4, 0.5) is 0 Å². The number of rotatable bonds is 3. The molecule has 0 amide bonds. The van der Waals surface area contributed by atoms with Gasteiger partial charge in [0.05, 0.1) is 0 Å². The van der Waals surface area contributed by atoms with Crippen LogP contribution in [0.1, 0.15) is 20.8 Å². The van der Waals surface area contributed by atoms with Gasteiger partial charge in [-0.2, -0.15) is 0 Å². The highest BCUT2D eigenvalue weighted by Gasteiger charge is 1.75. The molecular formula is C7H16ClN. The van der Waals surface area contributed by atoms with Crippen LogP contribution < -0.4 is 5.32 Å². The van der Waals surface area contributed by atoms with E-state index in [-0.39, 0.29) is 12.4 Å². The van der Waals surface area contributed by atoms with Crippen molar-refractivity contribution in [2.24, 2.45) is 0 Å². The highest BCUT2D eigenvalue weighted by Crippen LogP contribution is 1.84. The Morgan fingerprint density at radius 2 is 2.00 bits per heavy atom. The lowest BCUT2D eigenvalue weighted by Crippen LogP contribution is -2.11. The predicted molar refractivity (Wildman–Crippen MR) is 45.2 cm³/mol. The van der Waals surface area contributed by atoms with Crippen molar-refractivity contribution in [2.45, 2.75) is 20.8 Å². The van der Waals surface area contributed by atoms with E-state index >= 15 is 0 Å². The molecule has 0 saturated carbocycles. The van der Waals surface area contributed by atoms with E-state index < -0.39 is 0 Å². The SMILES string of the molecule is CCNCC=C(C)C.Cl. The average molecular weight is 150 g/mol. The molecule has 0 aromatic heterocycles. The van der Waals surface area contributed by atoms with Gasteiger partial charge in [0, 0.05) is 6.54 Å². The second-order valence-corrected chi connectivity index (χ2v) is 2.09. The number of likely N-dealkylation sites (N-methyl/N-ethyl adjacent to an activating group) is 1. The van der Waals surface area contributed by atoms with Crippen LogP contribution in [0.2, 0.25) is 0 Å². The zero-order valence-corrected chi connectivity index (χ0v) is 7.22. The largest absolute Gasteiger partial charge is 0.314 e. The minimum atomic E-state index is 0. The molecule has 0 rings (SSSR count). The molecule has 0 atom stereocenters. The van der Waals surface area contributed by atoms with Gasteiger partial charge in [0.1, 0.15) is 0 Å². The third-order valence-corrected chi connectivity index (χ3v) is 0.905. The van der Waals surface area contributed by atoms with E-state index in [9.17, 15) is 0 Å². The first kappa shape index (κ1) is 11.7. The van der Waals surface area contributed by atoms with Crippen LogP contribution in [0.5, 0.6) is 0 Å². The van der Waals surface area contributed by atoms with Gasteiger partial charge in [0.25, 0.3) is 0 Å². The third-order valence-electron chi connectivity index (χ3n) is 0.905. The number of allylic oxidation sites excluding steroid dienone is 1. The second-order valence-electron chi connectivity index (χ2n) is 2.09. The number of halogens is 1. The van der Waals surface area contributed by atoms with Gasteiger partial charge >= 0.3 is 0 Å². The zero-order chi connectivity index (χ0) is 6.41. The first-order chi connectivity index (χ1) is 3.77. The van der Waals surface area contributed by atoms with Crippen molar-refractivity contribution in [3.8, 4) is 0 Å². The third kappa shape index (κ3) is 11.5. The van der Waals surface area contributed by atoms with Crippen molar-refractivity contribution < 1.29 is 0 Å². The van der Waals surface area contributed by atoms with Gasteiger partial charge in [-0.25, -0.2) is 0 Å². The molecule has 56 valence electrons. The Morgan fingerprint density at radius 3 is 2.33 bits per heavy atom. The number of hydrogen-bond acceptors (Lipinski definition) is 1. The summed E-state index contributed by atoms with van der Waals surface area (Å²) in [7, 11) is 0. The molecule has 0 aromatic carbocycles. The molecule has 0 heterocycles. The second kappa shape index (κ2) is 7.99. The van der Waals surface area contributed by atoms with Crippen LogP contribution >= 0.6 is 12.4 Å². The molecule has 0 fully saturated rings. The van der Waals surface area contributed by atoms with Crippen molar-refractivity contribution >= 4 is 12.4 Å².